The van der Waals surface area contributed by atoms with Crippen molar-refractivity contribution in [1.82, 2.24) is 0 Å². The predicted octanol–water partition coefficient (Wildman–Crippen LogP) is 6.06. The van der Waals surface area contributed by atoms with Crippen LogP contribution in [0.15, 0.2) is 0 Å². The fourth-order valence-electron chi connectivity index (χ4n) is 6.66. The van der Waals surface area contributed by atoms with Gasteiger partial charge in [0.15, 0.2) is 0 Å². The van der Waals surface area contributed by atoms with Crippen LogP contribution in [0, 0.1) is 33.5 Å². The van der Waals surface area contributed by atoms with E-state index in [2.05, 4.69) is 41.5 Å². The molecule has 1 spiro atoms. The van der Waals surface area contributed by atoms with Crippen LogP contribution in [0.2, 0.25) is 0 Å². The Labute approximate surface area is 120 Å². The summed E-state index contributed by atoms with van der Waals surface area (Å²) < 4.78 is 0. The molecule has 3 saturated carbocycles. The quantitative estimate of drug-likeness (QED) is 0.511. The molecule has 0 aromatic carbocycles. The molecule has 0 aromatic heterocycles. The van der Waals surface area contributed by atoms with E-state index in [-0.39, 0.29) is 0 Å². The summed E-state index contributed by atoms with van der Waals surface area (Å²) in [4.78, 5) is 0. The van der Waals surface area contributed by atoms with E-state index in [9.17, 15) is 0 Å². The van der Waals surface area contributed by atoms with Crippen molar-refractivity contribution >= 4 is 0 Å². The van der Waals surface area contributed by atoms with E-state index >= 15 is 0 Å². The maximum absolute atomic E-state index is 2.64. The highest BCUT2D eigenvalue weighted by atomic mass is 14.9. The summed E-state index contributed by atoms with van der Waals surface area (Å²) in [6.45, 7) is 15.3. The zero-order valence-electron chi connectivity index (χ0n) is 14.1. The van der Waals surface area contributed by atoms with E-state index in [0.29, 0.717) is 16.2 Å². The Balaban J connectivity index is 1.69. The Morgan fingerprint density at radius 3 is 1.95 bits per heavy atom. The molecule has 3 aliphatic carbocycles. The standard InChI is InChI=1S/C19H34/c1-7-8-9-10-11-16(4)14(2)17(16,5)18(6)15(3)19(18)12-13-19/h14-15H,7-13H2,1-6H3. The molecule has 0 aromatic rings. The predicted molar refractivity (Wildman–Crippen MR) is 83.1 cm³/mol. The minimum atomic E-state index is 0.627. The highest BCUT2D eigenvalue weighted by Crippen LogP contribution is 2.96. The summed E-state index contributed by atoms with van der Waals surface area (Å²) >= 11 is 0. The van der Waals surface area contributed by atoms with E-state index < -0.39 is 0 Å². The first-order chi connectivity index (χ1) is 8.83. The number of hydrogen-bond donors (Lipinski definition) is 0. The molecule has 110 valence electrons. The largest absolute Gasteiger partial charge is 0.0654 e. The first kappa shape index (κ1) is 14.0. The zero-order chi connectivity index (χ0) is 14.1. The molecule has 0 heteroatoms. The van der Waals surface area contributed by atoms with Crippen molar-refractivity contribution in [2.45, 2.75) is 86.5 Å². The number of hydrogen-bond acceptors (Lipinski definition) is 0. The van der Waals surface area contributed by atoms with Gasteiger partial charge in [-0.2, -0.15) is 0 Å². The normalized spacial score (nSPS) is 53.4. The highest BCUT2D eigenvalue weighted by Gasteiger charge is 2.90. The third-order valence-electron chi connectivity index (χ3n) is 8.99. The van der Waals surface area contributed by atoms with E-state index in [1.165, 1.54) is 44.9 Å². The van der Waals surface area contributed by atoms with Crippen LogP contribution in [0.3, 0.4) is 0 Å². The van der Waals surface area contributed by atoms with Crippen LogP contribution in [0.4, 0.5) is 0 Å². The summed E-state index contributed by atoms with van der Waals surface area (Å²) in [5.41, 5.74) is 2.72. The van der Waals surface area contributed by atoms with Gasteiger partial charge in [-0.25, -0.2) is 0 Å². The Hall–Kier alpha value is 0. The lowest BCUT2D eigenvalue weighted by atomic mass is 9.76. The van der Waals surface area contributed by atoms with E-state index in [0.717, 1.165) is 17.3 Å². The van der Waals surface area contributed by atoms with Crippen LogP contribution in [-0.4, -0.2) is 0 Å². The van der Waals surface area contributed by atoms with Crippen molar-refractivity contribution in [3.63, 3.8) is 0 Å². The third kappa shape index (κ3) is 1.32. The molecule has 0 amide bonds. The smallest absolute Gasteiger partial charge is 0.0173 e. The minimum absolute atomic E-state index is 0.627. The van der Waals surface area contributed by atoms with Gasteiger partial charge in [0.25, 0.3) is 0 Å². The topological polar surface area (TPSA) is 0 Å². The van der Waals surface area contributed by atoms with Crippen molar-refractivity contribution in [3.8, 4) is 0 Å². The van der Waals surface area contributed by atoms with Crippen molar-refractivity contribution < 1.29 is 0 Å². The van der Waals surface area contributed by atoms with Gasteiger partial charge in [-0.15, -0.1) is 0 Å². The summed E-state index contributed by atoms with van der Waals surface area (Å²) in [6.07, 6.45) is 10.2. The fourth-order valence-corrected chi connectivity index (χ4v) is 6.66. The van der Waals surface area contributed by atoms with Crippen LogP contribution in [0.5, 0.6) is 0 Å². The van der Waals surface area contributed by atoms with Crippen LogP contribution in [0.1, 0.15) is 86.5 Å². The van der Waals surface area contributed by atoms with Gasteiger partial charge >= 0.3 is 0 Å². The van der Waals surface area contributed by atoms with E-state index in [1.807, 2.05) is 0 Å². The molecule has 19 heavy (non-hydrogen) atoms. The lowest BCUT2D eigenvalue weighted by Gasteiger charge is -2.27. The van der Waals surface area contributed by atoms with Gasteiger partial charge in [-0.3, -0.25) is 0 Å². The molecule has 5 atom stereocenters. The summed E-state index contributed by atoms with van der Waals surface area (Å²) in [7, 11) is 0. The van der Waals surface area contributed by atoms with E-state index in [1.54, 1.807) is 0 Å². The monoisotopic (exact) mass is 262 g/mol. The number of unbranched alkanes of at least 4 members (excludes halogenated alkanes) is 3. The number of rotatable bonds is 6. The van der Waals surface area contributed by atoms with Gasteiger partial charge in [0.2, 0.25) is 0 Å². The first-order valence-electron chi connectivity index (χ1n) is 8.83. The van der Waals surface area contributed by atoms with Crippen molar-refractivity contribution in [3.05, 3.63) is 0 Å². The first-order valence-corrected chi connectivity index (χ1v) is 8.83. The Morgan fingerprint density at radius 2 is 1.47 bits per heavy atom. The summed E-state index contributed by atoms with van der Waals surface area (Å²) in [5.74, 6) is 1.93. The SMILES string of the molecule is CCCCCCC1(C)C(C)C1(C)C1(C)C(C)C12CC2. The zero-order valence-corrected chi connectivity index (χ0v) is 14.1. The maximum atomic E-state index is 2.64. The molecular formula is C19H34. The van der Waals surface area contributed by atoms with Crippen LogP contribution in [0.25, 0.3) is 0 Å². The van der Waals surface area contributed by atoms with Crippen LogP contribution in [-0.2, 0) is 0 Å². The second-order valence-corrected chi connectivity index (χ2v) is 8.73. The molecule has 0 aliphatic heterocycles. The fraction of sp³-hybridized carbons (Fsp3) is 1.00. The minimum Gasteiger partial charge on any atom is -0.0654 e. The van der Waals surface area contributed by atoms with Gasteiger partial charge in [-0.05, 0) is 52.8 Å². The molecule has 0 heterocycles. The average Bonchev–Trinajstić information content (AvgIpc) is 3.32. The van der Waals surface area contributed by atoms with Crippen molar-refractivity contribution in [1.29, 1.82) is 0 Å². The summed E-state index contributed by atoms with van der Waals surface area (Å²) in [5, 5.41) is 0. The Bertz CT molecular complexity index is 379. The van der Waals surface area contributed by atoms with Crippen molar-refractivity contribution in [2.75, 3.05) is 0 Å². The van der Waals surface area contributed by atoms with Gasteiger partial charge in [-0.1, -0.05) is 67.2 Å². The average molecular weight is 262 g/mol. The highest BCUT2D eigenvalue weighted by molar-refractivity contribution is 5.37. The molecule has 0 saturated heterocycles. The van der Waals surface area contributed by atoms with Crippen LogP contribution < -0.4 is 0 Å². The molecule has 5 unspecified atom stereocenters. The van der Waals surface area contributed by atoms with Gasteiger partial charge in [0.1, 0.15) is 0 Å². The molecule has 0 radical (unpaired) electrons. The van der Waals surface area contributed by atoms with Gasteiger partial charge in [0.05, 0.1) is 0 Å². The molecule has 0 N–H and O–H groups in total. The lowest BCUT2D eigenvalue weighted by molar-refractivity contribution is 0.202. The third-order valence-corrected chi connectivity index (χ3v) is 8.99. The molecule has 3 aliphatic rings. The van der Waals surface area contributed by atoms with Crippen LogP contribution >= 0.6 is 0 Å². The maximum Gasteiger partial charge on any atom is -0.0173 e. The Kier molecular flexibility index (Phi) is 2.79. The molecule has 0 nitrogen and oxygen atoms in total. The molecule has 3 fully saturated rings. The molecule has 0 bridgehead atoms. The van der Waals surface area contributed by atoms with Gasteiger partial charge in [0, 0.05) is 0 Å². The molecule has 3 rings (SSSR count). The van der Waals surface area contributed by atoms with E-state index in [4.69, 9.17) is 0 Å². The van der Waals surface area contributed by atoms with Gasteiger partial charge < -0.3 is 0 Å². The van der Waals surface area contributed by atoms with Crippen molar-refractivity contribution in [2.24, 2.45) is 33.5 Å². The molecular weight excluding hydrogens is 228 g/mol. The Morgan fingerprint density at radius 1 is 0.842 bits per heavy atom. The second-order valence-electron chi connectivity index (χ2n) is 8.73. The second kappa shape index (κ2) is 3.80. The summed E-state index contributed by atoms with van der Waals surface area (Å²) in [6, 6.07) is 0. The lowest BCUT2D eigenvalue weighted by Crippen LogP contribution is -2.22.